The molecular formula is C36H42N4O14-6. The van der Waals surface area contributed by atoms with Crippen molar-refractivity contribution < 1.29 is 69.0 Å². The van der Waals surface area contributed by atoms with Crippen LogP contribution in [0.3, 0.4) is 0 Å². The molecule has 4 fully saturated rings. The monoisotopic (exact) mass is 754 g/mol. The lowest BCUT2D eigenvalue weighted by Crippen LogP contribution is -2.25. The molecule has 0 aromatic heterocycles. The minimum Gasteiger partial charge on any atom is -0.545 e. The van der Waals surface area contributed by atoms with Gasteiger partial charge in [0.2, 0.25) is 11.8 Å². The first kappa shape index (κ1) is 48.0. The van der Waals surface area contributed by atoms with Crippen LogP contribution in [0.4, 0.5) is 0 Å². The standard InChI is InChI=1S/2C12H18N2O.3C4H4O4/c2*15-12-6-5-11-14(12)10-4-3-9-13-7-1-2-8-13;3*5-3(6)1-2-4(7)8/h2*1-2,5-11H2;3*1-2H,(H,5,6)(H,7,8)/p-6/b;;3*2-1+. The van der Waals surface area contributed by atoms with E-state index in [2.05, 4.69) is 33.5 Å². The number of hydrogen-bond acceptors (Lipinski definition) is 16. The van der Waals surface area contributed by atoms with Crippen molar-refractivity contribution in [2.75, 3.05) is 65.4 Å². The van der Waals surface area contributed by atoms with E-state index < -0.39 is 35.8 Å². The molecule has 0 aromatic carbocycles. The van der Waals surface area contributed by atoms with Crippen LogP contribution < -0.4 is 30.6 Å². The summed E-state index contributed by atoms with van der Waals surface area (Å²) in [5.41, 5.74) is 0. The average Bonchev–Trinajstić information content (AvgIpc) is 3.95. The highest BCUT2D eigenvalue weighted by molar-refractivity contribution is 5.88. The summed E-state index contributed by atoms with van der Waals surface area (Å²) in [5.74, 6) is 3.77. The molecule has 0 atom stereocenters. The molecule has 296 valence electrons. The SMILES string of the molecule is O=C([O-])/C=C/C(=O)[O-].O=C([O-])/C=C/C(=O)[O-].O=C([O-])/C=C/C(=O)[O-].O=C1CCCN1CC#CCN1CCCC1.O=C1CCCN1CC#CCN1CCCC1. The Hall–Kier alpha value is -5.98. The van der Waals surface area contributed by atoms with Crippen molar-refractivity contribution in [2.24, 2.45) is 0 Å². The van der Waals surface area contributed by atoms with Gasteiger partial charge in [-0.05, 0) is 101 Å². The fraction of sp³-hybridized carbons (Fsp3) is 0.500. The van der Waals surface area contributed by atoms with E-state index in [9.17, 15) is 69.0 Å². The first-order chi connectivity index (χ1) is 25.6. The number of carboxylic acids is 6. The van der Waals surface area contributed by atoms with Gasteiger partial charge in [0.15, 0.2) is 0 Å². The van der Waals surface area contributed by atoms with Crippen LogP contribution in [-0.4, -0.2) is 133 Å². The van der Waals surface area contributed by atoms with Gasteiger partial charge in [0, 0.05) is 25.9 Å². The lowest BCUT2D eigenvalue weighted by molar-refractivity contribution is -0.301. The summed E-state index contributed by atoms with van der Waals surface area (Å²) in [6.07, 6.45) is 11.0. The van der Waals surface area contributed by atoms with Gasteiger partial charge in [-0.25, -0.2) is 0 Å². The second-order valence-electron chi connectivity index (χ2n) is 11.4. The van der Waals surface area contributed by atoms with E-state index in [1.54, 1.807) is 0 Å². The highest BCUT2D eigenvalue weighted by Crippen LogP contribution is 2.09. The second-order valence-corrected chi connectivity index (χ2v) is 11.4. The number of nitrogens with zero attached hydrogens (tertiary/aromatic N) is 4. The molecule has 0 spiro atoms. The maximum Gasteiger partial charge on any atom is 0.223 e. The molecule has 4 aliphatic heterocycles. The van der Waals surface area contributed by atoms with Crippen LogP contribution in [0.25, 0.3) is 0 Å². The average molecular weight is 755 g/mol. The summed E-state index contributed by atoms with van der Waals surface area (Å²) in [7, 11) is 0. The maximum atomic E-state index is 11.3. The van der Waals surface area contributed by atoms with Crippen molar-refractivity contribution in [1.29, 1.82) is 0 Å². The van der Waals surface area contributed by atoms with Crippen LogP contribution >= 0.6 is 0 Å². The van der Waals surface area contributed by atoms with Crippen LogP contribution in [0.1, 0.15) is 51.4 Å². The van der Waals surface area contributed by atoms with Crippen LogP contribution in [0, 0.1) is 23.7 Å². The molecule has 4 aliphatic rings. The van der Waals surface area contributed by atoms with Gasteiger partial charge < -0.3 is 69.2 Å². The lowest BCUT2D eigenvalue weighted by Gasteiger charge is -2.11. The summed E-state index contributed by atoms with van der Waals surface area (Å²) in [6, 6.07) is 0. The normalized spacial score (nSPS) is 16.4. The number of carbonyl (C=O) groups excluding carboxylic acids is 8. The molecular weight excluding hydrogens is 712 g/mol. The molecule has 18 heteroatoms. The number of carbonyl (C=O) groups is 8. The molecule has 0 radical (unpaired) electrons. The number of carboxylic acid groups (broad SMARTS) is 6. The third-order valence-electron chi connectivity index (χ3n) is 7.20. The third-order valence-corrected chi connectivity index (χ3v) is 7.20. The summed E-state index contributed by atoms with van der Waals surface area (Å²) in [4.78, 5) is 87.5. The van der Waals surface area contributed by atoms with Crippen LogP contribution in [-0.2, 0) is 38.4 Å². The Labute approximate surface area is 313 Å². The lowest BCUT2D eigenvalue weighted by atomic mass is 10.4. The molecule has 4 saturated heterocycles. The Bertz CT molecular complexity index is 1300. The van der Waals surface area contributed by atoms with E-state index in [0.717, 1.165) is 39.0 Å². The van der Waals surface area contributed by atoms with Gasteiger partial charge in [0.05, 0.1) is 62.0 Å². The molecule has 4 rings (SSSR count). The predicted octanol–water partition coefficient (Wildman–Crippen LogP) is -7.46. The quantitative estimate of drug-likeness (QED) is 0.148. The zero-order valence-electron chi connectivity index (χ0n) is 29.7. The van der Waals surface area contributed by atoms with Crippen molar-refractivity contribution in [2.45, 2.75) is 51.4 Å². The summed E-state index contributed by atoms with van der Waals surface area (Å²) >= 11 is 0. The molecule has 0 N–H and O–H groups in total. The number of rotatable bonds is 10. The molecule has 0 aliphatic carbocycles. The van der Waals surface area contributed by atoms with Gasteiger partial charge in [-0.15, -0.1) is 0 Å². The predicted molar refractivity (Wildman–Crippen MR) is 176 cm³/mol. The number of amides is 2. The molecule has 0 unspecified atom stereocenters. The molecule has 2 amide bonds. The Morgan fingerprint density at radius 1 is 0.407 bits per heavy atom. The van der Waals surface area contributed by atoms with Gasteiger partial charge in [0.1, 0.15) is 0 Å². The van der Waals surface area contributed by atoms with Crippen molar-refractivity contribution in [3.05, 3.63) is 36.5 Å². The van der Waals surface area contributed by atoms with Crippen LogP contribution in [0.2, 0.25) is 0 Å². The van der Waals surface area contributed by atoms with Gasteiger partial charge >= 0.3 is 0 Å². The summed E-state index contributed by atoms with van der Waals surface area (Å²) in [6.45, 7) is 9.58. The largest absolute Gasteiger partial charge is 0.545 e. The Balaban J connectivity index is 0.000000677. The summed E-state index contributed by atoms with van der Waals surface area (Å²) < 4.78 is 0. The zero-order valence-corrected chi connectivity index (χ0v) is 29.7. The molecule has 0 bridgehead atoms. The Morgan fingerprint density at radius 3 is 0.852 bits per heavy atom. The van der Waals surface area contributed by atoms with Crippen LogP contribution in [0.5, 0.6) is 0 Å². The number of hydrogen-bond donors (Lipinski definition) is 0. The fourth-order valence-electron chi connectivity index (χ4n) is 4.67. The van der Waals surface area contributed by atoms with E-state index in [-0.39, 0.29) is 11.8 Å². The Kier molecular flexibility index (Phi) is 26.3. The first-order valence-corrected chi connectivity index (χ1v) is 16.8. The van der Waals surface area contributed by atoms with E-state index in [1.165, 1.54) is 51.9 Å². The fourth-order valence-corrected chi connectivity index (χ4v) is 4.67. The Morgan fingerprint density at radius 2 is 0.648 bits per heavy atom. The molecule has 4 heterocycles. The van der Waals surface area contributed by atoms with Gasteiger partial charge in [0.25, 0.3) is 0 Å². The molecule has 0 saturated carbocycles. The van der Waals surface area contributed by atoms with Gasteiger partial charge in [-0.1, -0.05) is 23.7 Å². The van der Waals surface area contributed by atoms with Crippen molar-refractivity contribution >= 4 is 47.6 Å². The molecule has 54 heavy (non-hydrogen) atoms. The minimum absolute atomic E-state index is 0.269. The second kappa shape index (κ2) is 29.6. The number of aliphatic carboxylic acids is 6. The topological polar surface area (TPSA) is 288 Å². The highest BCUT2D eigenvalue weighted by Gasteiger charge is 2.19. The van der Waals surface area contributed by atoms with E-state index >= 15 is 0 Å². The van der Waals surface area contributed by atoms with E-state index in [1.807, 2.05) is 9.80 Å². The maximum absolute atomic E-state index is 11.3. The van der Waals surface area contributed by atoms with E-state index in [4.69, 9.17) is 0 Å². The van der Waals surface area contributed by atoms with Crippen molar-refractivity contribution in [3.63, 3.8) is 0 Å². The highest BCUT2D eigenvalue weighted by atomic mass is 16.4. The zero-order chi connectivity index (χ0) is 40.7. The van der Waals surface area contributed by atoms with Crippen molar-refractivity contribution in [1.82, 2.24) is 19.6 Å². The molecule has 0 aromatic rings. The number of likely N-dealkylation sites (tertiary alicyclic amines) is 4. The van der Waals surface area contributed by atoms with Crippen molar-refractivity contribution in [3.8, 4) is 23.7 Å². The smallest absolute Gasteiger partial charge is 0.223 e. The summed E-state index contributed by atoms with van der Waals surface area (Å²) in [5, 5.41) is 56.5. The molecule has 18 nitrogen and oxygen atoms in total. The third kappa shape index (κ3) is 28.7. The first-order valence-electron chi connectivity index (χ1n) is 16.8. The minimum atomic E-state index is -1.55. The van der Waals surface area contributed by atoms with Crippen LogP contribution in [0.15, 0.2) is 36.5 Å². The van der Waals surface area contributed by atoms with Gasteiger partial charge in [-0.3, -0.25) is 19.4 Å². The van der Waals surface area contributed by atoms with Gasteiger partial charge in [-0.2, -0.15) is 0 Å². The van der Waals surface area contributed by atoms with E-state index in [0.29, 0.717) is 62.4 Å².